The second-order valence-corrected chi connectivity index (χ2v) is 7.85. The fourth-order valence-electron chi connectivity index (χ4n) is 3.39. The highest BCUT2D eigenvalue weighted by Gasteiger charge is 2.32. The molecule has 0 bridgehead atoms. The van der Waals surface area contributed by atoms with Gasteiger partial charge in [0, 0.05) is 16.6 Å². The Bertz CT molecular complexity index is 427. The molecule has 0 heterocycles. The molecule has 0 amide bonds. The zero-order valence-corrected chi connectivity index (χ0v) is 14.1. The molecule has 3 atom stereocenters. The second-order valence-electron chi connectivity index (χ2n) is 6.93. The Kier molecular flexibility index (Phi) is 4.73. The SMILES string of the molecule is CC(NC1CCC(C)(C)CC1C)c1cccc(Br)c1. The largest absolute Gasteiger partial charge is 0.307 e. The van der Waals surface area contributed by atoms with E-state index in [4.69, 9.17) is 0 Å². The molecular weight excluding hydrogens is 298 g/mol. The molecule has 0 spiro atoms. The highest BCUT2D eigenvalue weighted by molar-refractivity contribution is 9.10. The van der Waals surface area contributed by atoms with Crippen molar-refractivity contribution in [2.45, 2.75) is 59.0 Å². The van der Waals surface area contributed by atoms with E-state index in [1.54, 1.807) is 0 Å². The summed E-state index contributed by atoms with van der Waals surface area (Å²) in [6, 6.07) is 9.70. The maximum absolute atomic E-state index is 3.83. The molecule has 3 unspecified atom stereocenters. The highest BCUT2D eigenvalue weighted by atomic mass is 79.9. The van der Waals surface area contributed by atoms with Gasteiger partial charge in [0.05, 0.1) is 0 Å². The van der Waals surface area contributed by atoms with Crippen molar-refractivity contribution in [3.05, 3.63) is 34.3 Å². The minimum absolute atomic E-state index is 0.422. The van der Waals surface area contributed by atoms with Gasteiger partial charge in [0.2, 0.25) is 0 Å². The van der Waals surface area contributed by atoms with E-state index >= 15 is 0 Å². The van der Waals surface area contributed by atoms with Crippen molar-refractivity contribution in [3.63, 3.8) is 0 Å². The molecule has 0 aromatic heterocycles. The first-order chi connectivity index (χ1) is 8.87. The van der Waals surface area contributed by atoms with Crippen molar-refractivity contribution >= 4 is 15.9 Å². The van der Waals surface area contributed by atoms with Gasteiger partial charge < -0.3 is 5.32 Å². The molecule has 0 aliphatic heterocycles. The highest BCUT2D eigenvalue weighted by Crippen LogP contribution is 2.39. The van der Waals surface area contributed by atoms with Crippen molar-refractivity contribution in [2.75, 3.05) is 0 Å². The minimum Gasteiger partial charge on any atom is -0.307 e. The summed E-state index contributed by atoms with van der Waals surface area (Å²) in [6.45, 7) is 9.47. The average Bonchev–Trinajstić information content (AvgIpc) is 2.32. The summed E-state index contributed by atoms with van der Waals surface area (Å²) in [7, 11) is 0. The predicted octanol–water partition coefficient (Wildman–Crippen LogP) is 5.31. The molecule has 2 heteroatoms. The molecule has 1 N–H and O–H groups in total. The third kappa shape index (κ3) is 4.06. The van der Waals surface area contributed by atoms with Crippen LogP contribution in [0.4, 0.5) is 0 Å². The number of hydrogen-bond donors (Lipinski definition) is 1. The molecular formula is C17H26BrN. The van der Waals surface area contributed by atoms with Crippen LogP contribution >= 0.6 is 15.9 Å². The Hall–Kier alpha value is -0.340. The summed E-state index contributed by atoms with van der Waals surface area (Å²) < 4.78 is 1.16. The quantitative estimate of drug-likeness (QED) is 0.794. The molecule has 106 valence electrons. The first kappa shape index (κ1) is 15.1. The molecule has 1 fully saturated rings. The molecule has 1 aliphatic carbocycles. The van der Waals surface area contributed by atoms with Gasteiger partial charge in [0.1, 0.15) is 0 Å². The first-order valence-electron chi connectivity index (χ1n) is 7.39. The normalized spacial score (nSPS) is 28.1. The van der Waals surface area contributed by atoms with Crippen molar-refractivity contribution < 1.29 is 0 Å². The molecule has 1 aliphatic rings. The number of nitrogens with one attached hydrogen (secondary N) is 1. The Morgan fingerprint density at radius 3 is 2.74 bits per heavy atom. The van der Waals surface area contributed by atoms with E-state index in [9.17, 15) is 0 Å². The zero-order valence-electron chi connectivity index (χ0n) is 12.5. The fraction of sp³-hybridized carbons (Fsp3) is 0.647. The van der Waals surface area contributed by atoms with Crippen LogP contribution in [0.2, 0.25) is 0 Å². The molecule has 1 aromatic rings. The van der Waals surface area contributed by atoms with Gasteiger partial charge in [-0.05, 0) is 55.2 Å². The van der Waals surface area contributed by atoms with Crippen LogP contribution in [0.15, 0.2) is 28.7 Å². The second kappa shape index (κ2) is 5.97. The first-order valence-corrected chi connectivity index (χ1v) is 8.18. The monoisotopic (exact) mass is 323 g/mol. The lowest BCUT2D eigenvalue weighted by Gasteiger charge is -2.40. The van der Waals surface area contributed by atoms with E-state index in [0.29, 0.717) is 17.5 Å². The summed E-state index contributed by atoms with van der Waals surface area (Å²) in [6.07, 6.45) is 3.96. The van der Waals surface area contributed by atoms with Gasteiger partial charge in [0.25, 0.3) is 0 Å². The van der Waals surface area contributed by atoms with Crippen LogP contribution in [0.3, 0.4) is 0 Å². The van der Waals surface area contributed by atoms with Gasteiger partial charge in [-0.1, -0.05) is 48.8 Å². The van der Waals surface area contributed by atoms with Crippen molar-refractivity contribution in [1.29, 1.82) is 0 Å². The van der Waals surface area contributed by atoms with Crippen molar-refractivity contribution in [3.8, 4) is 0 Å². The van der Waals surface area contributed by atoms with Crippen LogP contribution in [-0.2, 0) is 0 Å². The Morgan fingerprint density at radius 2 is 2.11 bits per heavy atom. The van der Waals surface area contributed by atoms with E-state index in [2.05, 4.69) is 73.2 Å². The summed E-state index contributed by atoms with van der Waals surface area (Å²) in [5.41, 5.74) is 1.89. The lowest BCUT2D eigenvalue weighted by molar-refractivity contribution is 0.143. The lowest BCUT2D eigenvalue weighted by Crippen LogP contribution is -2.42. The standard InChI is InChI=1S/C17H26BrN/c1-12-11-17(3,4)9-8-16(12)19-13(2)14-6-5-7-15(18)10-14/h5-7,10,12-13,16,19H,8-9,11H2,1-4H3. The number of rotatable bonds is 3. The van der Waals surface area contributed by atoms with Gasteiger partial charge in [-0.2, -0.15) is 0 Å². The number of halogens is 1. The van der Waals surface area contributed by atoms with Crippen LogP contribution in [0.5, 0.6) is 0 Å². The average molecular weight is 324 g/mol. The Morgan fingerprint density at radius 1 is 1.37 bits per heavy atom. The van der Waals surface area contributed by atoms with Gasteiger partial charge in [-0.15, -0.1) is 0 Å². The van der Waals surface area contributed by atoms with E-state index in [1.807, 2.05) is 0 Å². The third-order valence-corrected chi connectivity index (χ3v) is 5.00. The van der Waals surface area contributed by atoms with Gasteiger partial charge >= 0.3 is 0 Å². The Labute approximate surface area is 126 Å². The summed E-state index contributed by atoms with van der Waals surface area (Å²) >= 11 is 3.55. The maximum atomic E-state index is 3.83. The molecule has 0 radical (unpaired) electrons. The van der Waals surface area contributed by atoms with Crippen LogP contribution < -0.4 is 5.32 Å². The van der Waals surface area contributed by atoms with E-state index in [1.165, 1.54) is 24.8 Å². The van der Waals surface area contributed by atoms with Gasteiger partial charge in [0.15, 0.2) is 0 Å². The van der Waals surface area contributed by atoms with Gasteiger partial charge in [-0.25, -0.2) is 0 Å². The van der Waals surface area contributed by atoms with Crippen LogP contribution in [0.1, 0.15) is 58.6 Å². The smallest absolute Gasteiger partial charge is 0.0294 e. The fourth-order valence-corrected chi connectivity index (χ4v) is 3.80. The van der Waals surface area contributed by atoms with Crippen molar-refractivity contribution in [2.24, 2.45) is 11.3 Å². The molecule has 19 heavy (non-hydrogen) atoms. The van der Waals surface area contributed by atoms with E-state index < -0.39 is 0 Å². The minimum atomic E-state index is 0.422. The lowest BCUT2D eigenvalue weighted by atomic mass is 9.70. The molecule has 0 saturated heterocycles. The predicted molar refractivity (Wildman–Crippen MR) is 86.3 cm³/mol. The summed E-state index contributed by atoms with van der Waals surface area (Å²) in [5.74, 6) is 0.762. The maximum Gasteiger partial charge on any atom is 0.0294 e. The molecule has 1 nitrogen and oxygen atoms in total. The topological polar surface area (TPSA) is 12.0 Å². The molecule has 2 rings (SSSR count). The van der Waals surface area contributed by atoms with E-state index in [0.717, 1.165) is 10.4 Å². The van der Waals surface area contributed by atoms with Crippen LogP contribution in [0.25, 0.3) is 0 Å². The number of benzene rings is 1. The third-order valence-electron chi connectivity index (χ3n) is 4.51. The zero-order chi connectivity index (χ0) is 14.0. The summed E-state index contributed by atoms with van der Waals surface area (Å²) in [5, 5.41) is 3.83. The molecule has 1 saturated carbocycles. The number of hydrogen-bond acceptors (Lipinski definition) is 1. The summed E-state index contributed by atoms with van der Waals surface area (Å²) in [4.78, 5) is 0. The van der Waals surface area contributed by atoms with Crippen LogP contribution in [-0.4, -0.2) is 6.04 Å². The van der Waals surface area contributed by atoms with E-state index in [-0.39, 0.29) is 0 Å². The van der Waals surface area contributed by atoms with Crippen LogP contribution in [0, 0.1) is 11.3 Å². The van der Waals surface area contributed by atoms with Crippen molar-refractivity contribution in [1.82, 2.24) is 5.32 Å². The Balaban J connectivity index is 1.98. The molecule has 1 aromatic carbocycles. The van der Waals surface area contributed by atoms with Gasteiger partial charge in [-0.3, -0.25) is 0 Å².